The fraction of sp³-hybridized carbons (Fsp3) is 0.0455. The highest BCUT2D eigenvalue weighted by Crippen LogP contribution is 2.56. The molecule has 0 atom stereocenters. The van der Waals surface area contributed by atoms with Gasteiger partial charge in [-0.2, -0.15) is 0 Å². The zero-order chi connectivity index (χ0) is 31.1. The van der Waals surface area contributed by atoms with Crippen LogP contribution in [0.1, 0.15) is 23.6 Å². The van der Waals surface area contributed by atoms with Gasteiger partial charge in [0.15, 0.2) is 0 Å². The summed E-state index contributed by atoms with van der Waals surface area (Å²) in [6, 6.07) is 57.3. The van der Waals surface area contributed by atoms with Crippen molar-refractivity contribution in [1.29, 1.82) is 0 Å². The molecule has 0 saturated heterocycles. The van der Waals surface area contributed by atoms with Gasteiger partial charge in [-0.15, -0.1) is 11.3 Å². The Morgan fingerprint density at radius 1 is 0.468 bits per heavy atom. The first-order chi connectivity index (χ1) is 23.2. The van der Waals surface area contributed by atoms with E-state index in [1.807, 2.05) is 23.5 Å². The fourth-order valence-electron chi connectivity index (χ4n) is 7.95. The van der Waals surface area contributed by atoms with Crippen molar-refractivity contribution in [3.8, 4) is 11.1 Å². The lowest BCUT2D eigenvalue weighted by Crippen LogP contribution is -2.26. The molecule has 2 heterocycles. The van der Waals surface area contributed by atoms with E-state index in [4.69, 9.17) is 4.42 Å². The van der Waals surface area contributed by atoms with Gasteiger partial charge in [-0.1, -0.05) is 103 Å². The van der Waals surface area contributed by atoms with Crippen LogP contribution in [0.3, 0.4) is 0 Å². The van der Waals surface area contributed by atoms with Gasteiger partial charge in [0.1, 0.15) is 11.2 Å². The monoisotopic (exact) mass is 619 g/mol. The summed E-state index contributed by atoms with van der Waals surface area (Å²) in [6.45, 7) is 2.42. The highest BCUT2D eigenvalue weighted by Gasteiger charge is 2.43. The van der Waals surface area contributed by atoms with Gasteiger partial charge in [-0.3, -0.25) is 0 Å². The van der Waals surface area contributed by atoms with Crippen LogP contribution in [-0.2, 0) is 5.41 Å². The number of nitrogens with zero attached hydrogens (tertiary/aromatic N) is 1. The van der Waals surface area contributed by atoms with E-state index < -0.39 is 0 Å². The second-order valence-corrected chi connectivity index (χ2v) is 13.7. The molecule has 3 heteroatoms. The van der Waals surface area contributed by atoms with Crippen molar-refractivity contribution in [2.24, 2.45) is 0 Å². The van der Waals surface area contributed by atoms with Gasteiger partial charge in [-0.25, -0.2) is 0 Å². The number of fused-ring (bicyclic) bond motifs is 9. The molecule has 0 bridgehead atoms. The van der Waals surface area contributed by atoms with E-state index in [0.29, 0.717) is 0 Å². The third-order valence-electron chi connectivity index (χ3n) is 10.1. The molecule has 0 spiro atoms. The molecular weight excluding hydrogens is 591 g/mol. The topological polar surface area (TPSA) is 16.4 Å². The summed E-state index contributed by atoms with van der Waals surface area (Å²) < 4.78 is 9.05. The first kappa shape index (κ1) is 26.6. The van der Waals surface area contributed by atoms with Crippen molar-refractivity contribution >= 4 is 70.5 Å². The van der Waals surface area contributed by atoms with Gasteiger partial charge in [-0.05, 0) is 83.3 Å². The Morgan fingerprint density at radius 3 is 1.89 bits per heavy atom. The Hall–Kier alpha value is -5.64. The quantitative estimate of drug-likeness (QED) is 0.195. The molecule has 9 aromatic rings. The molecule has 2 aromatic heterocycles. The number of anilines is 3. The van der Waals surface area contributed by atoms with Gasteiger partial charge >= 0.3 is 0 Å². The summed E-state index contributed by atoms with van der Waals surface area (Å²) in [7, 11) is 0. The molecule has 1 aliphatic rings. The summed E-state index contributed by atoms with van der Waals surface area (Å²) in [5.74, 6) is 0. The Bertz CT molecular complexity index is 2620. The minimum Gasteiger partial charge on any atom is -0.456 e. The zero-order valence-electron chi connectivity index (χ0n) is 25.8. The number of para-hydroxylation sites is 2. The molecule has 7 aromatic carbocycles. The molecule has 222 valence electrons. The van der Waals surface area contributed by atoms with E-state index in [1.54, 1.807) is 0 Å². The van der Waals surface area contributed by atoms with Gasteiger partial charge in [0.25, 0.3) is 0 Å². The Labute approximate surface area is 276 Å². The van der Waals surface area contributed by atoms with Crippen LogP contribution in [-0.4, -0.2) is 0 Å². The predicted octanol–water partition coefficient (Wildman–Crippen LogP) is 12.8. The molecule has 1 aliphatic carbocycles. The molecule has 0 unspecified atom stereocenters. The highest BCUT2D eigenvalue weighted by atomic mass is 32.1. The van der Waals surface area contributed by atoms with E-state index in [-0.39, 0.29) is 5.41 Å². The highest BCUT2D eigenvalue weighted by molar-refractivity contribution is 7.25. The van der Waals surface area contributed by atoms with E-state index in [0.717, 1.165) is 39.0 Å². The Balaban J connectivity index is 1.32. The molecule has 0 amide bonds. The average Bonchev–Trinajstić information content (AvgIpc) is 3.77. The minimum absolute atomic E-state index is 0.386. The van der Waals surface area contributed by atoms with Crippen LogP contribution in [0, 0.1) is 0 Å². The third kappa shape index (κ3) is 3.78. The maximum Gasteiger partial charge on any atom is 0.137 e. The fourth-order valence-corrected chi connectivity index (χ4v) is 9.07. The zero-order valence-corrected chi connectivity index (χ0v) is 26.6. The maximum absolute atomic E-state index is 6.45. The van der Waals surface area contributed by atoms with Crippen molar-refractivity contribution in [1.82, 2.24) is 0 Å². The number of hydrogen-bond donors (Lipinski definition) is 0. The third-order valence-corrected chi connectivity index (χ3v) is 11.3. The number of thiophene rings is 1. The van der Waals surface area contributed by atoms with Crippen LogP contribution >= 0.6 is 11.3 Å². The second kappa shape index (κ2) is 9.93. The molecule has 10 rings (SSSR count). The molecule has 0 fully saturated rings. The van der Waals surface area contributed by atoms with Crippen molar-refractivity contribution in [3.63, 3.8) is 0 Å². The van der Waals surface area contributed by atoms with Gasteiger partial charge in [0.2, 0.25) is 0 Å². The molecule has 47 heavy (non-hydrogen) atoms. The van der Waals surface area contributed by atoms with Crippen LogP contribution in [0.15, 0.2) is 162 Å². The average molecular weight is 620 g/mol. The lowest BCUT2D eigenvalue weighted by atomic mass is 9.73. The van der Waals surface area contributed by atoms with E-state index >= 15 is 0 Å². The second-order valence-electron chi connectivity index (χ2n) is 12.6. The first-order valence-electron chi connectivity index (χ1n) is 16.1. The minimum atomic E-state index is -0.386. The van der Waals surface area contributed by atoms with Gasteiger partial charge < -0.3 is 9.32 Å². The van der Waals surface area contributed by atoms with Crippen molar-refractivity contribution in [2.45, 2.75) is 12.3 Å². The SMILES string of the molecule is CC1(c2cc3sc4ccccc4c3cc2N(c2ccccc2)c2ccc3c(c2)oc2ccccc23)c2ccccc2-c2ccccc21. The number of hydrogen-bond acceptors (Lipinski definition) is 3. The lowest BCUT2D eigenvalue weighted by molar-refractivity contribution is 0.669. The summed E-state index contributed by atoms with van der Waals surface area (Å²) >= 11 is 1.88. The summed E-state index contributed by atoms with van der Waals surface area (Å²) in [5.41, 5.74) is 11.3. The van der Waals surface area contributed by atoms with Crippen molar-refractivity contribution in [2.75, 3.05) is 4.90 Å². The van der Waals surface area contributed by atoms with E-state index in [2.05, 4.69) is 157 Å². The molecule has 2 nitrogen and oxygen atoms in total. The van der Waals surface area contributed by atoms with Gasteiger partial charge in [0.05, 0.1) is 5.69 Å². The molecule has 0 aliphatic heterocycles. The van der Waals surface area contributed by atoms with Gasteiger partial charge in [0, 0.05) is 53.8 Å². The number of rotatable bonds is 4. The molecular formula is C44H29NOS. The summed E-state index contributed by atoms with van der Waals surface area (Å²) in [4.78, 5) is 2.43. The van der Waals surface area contributed by atoms with Crippen molar-refractivity contribution < 1.29 is 4.42 Å². The molecule has 0 saturated carbocycles. The molecule has 0 radical (unpaired) electrons. The van der Waals surface area contributed by atoms with Crippen LogP contribution in [0.2, 0.25) is 0 Å². The normalized spacial score (nSPS) is 13.4. The maximum atomic E-state index is 6.45. The summed E-state index contributed by atoms with van der Waals surface area (Å²) in [6.07, 6.45) is 0. The Kier molecular flexibility index (Phi) is 5.61. The standard InChI is InChI=1S/C44H29NOS/c1-44(36-19-9-5-15-30(36)31-16-6-10-20-37(31)44)38-27-43-35(34-18-8-12-22-42(34)47-43)26-39(38)45(28-13-3-2-4-14-28)29-23-24-33-32-17-7-11-21-40(32)46-41(33)25-29/h2-27H,1H3. The lowest BCUT2D eigenvalue weighted by Gasteiger charge is -2.35. The van der Waals surface area contributed by atoms with Crippen molar-refractivity contribution in [3.05, 3.63) is 174 Å². The Morgan fingerprint density at radius 2 is 1.11 bits per heavy atom. The smallest absolute Gasteiger partial charge is 0.137 e. The van der Waals surface area contributed by atoms with E-state index in [1.165, 1.54) is 48.0 Å². The van der Waals surface area contributed by atoms with E-state index in [9.17, 15) is 0 Å². The van der Waals surface area contributed by atoms with Crippen LogP contribution in [0.25, 0.3) is 53.2 Å². The number of furan rings is 1. The van der Waals surface area contributed by atoms with Crippen LogP contribution < -0.4 is 4.90 Å². The first-order valence-corrected chi connectivity index (χ1v) is 16.9. The predicted molar refractivity (Wildman–Crippen MR) is 199 cm³/mol. The number of benzene rings is 7. The largest absolute Gasteiger partial charge is 0.456 e. The van der Waals surface area contributed by atoms with Crippen LogP contribution in [0.4, 0.5) is 17.1 Å². The van der Waals surface area contributed by atoms with Crippen LogP contribution in [0.5, 0.6) is 0 Å². The summed E-state index contributed by atoms with van der Waals surface area (Å²) in [5, 5.41) is 4.83. The molecule has 0 N–H and O–H groups in total.